The number of rotatable bonds is 4. The fraction of sp³-hybridized carbons (Fsp3) is 0.316. The smallest absolute Gasteiger partial charge is 0.270 e. The number of carbonyl (C=O) groups excluding carboxylic acids is 1. The van der Waals surface area contributed by atoms with Crippen molar-refractivity contribution >= 4 is 12.0 Å². The van der Waals surface area contributed by atoms with E-state index < -0.39 is 0 Å². The van der Waals surface area contributed by atoms with Gasteiger partial charge >= 0.3 is 0 Å². The molecule has 0 saturated carbocycles. The van der Waals surface area contributed by atoms with Gasteiger partial charge < -0.3 is 9.47 Å². The van der Waals surface area contributed by atoms with Crippen LogP contribution >= 0.6 is 0 Å². The van der Waals surface area contributed by atoms with Crippen LogP contribution in [0.3, 0.4) is 0 Å². The second kappa shape index (κ2) is 7.29. The maximum absolute atomic E-state index is 12.5. The third kappa shape index (κ3) is 3.90. The topological polar surface area (TPSA) is 28.5 Å². The molecular weight excluding hydrogens is 286 g/mol. The van der Waals surface area contributed by atoms with Gasteiger partial charge in [-0.25, -0.2) is 0 Å². The van der Waals surface area contributed by atoms with Gasteiger partial charge in [0.05, 0.1) is 0 Å². The number of carbonyl (C=O) groups is 1. The number of hydrogen-bond donors (Lipinski definition) is 0. The fourth-order valence-corrected chi connectivity index (χ4v) is 2.88. The summed E-state index contributed by atoms with van der Waals surface area (Å²) in [5.41, 5.74) is 1.99. The van der Waals surface area contributed by atoms with Gasteiger partial charge in [0, 0.05) is 46.0 Å². The Kier molecular flexibility index (Phi) is 4.93. The van der Waals surface area contributed by atoms with Crippen LogP contribution in [0.15, 0.2) is 54.7 Å². The van der Waals surface area contributed by atoms with Crippen molar-refractivity contribution in [3.63, 3.8) is 0 Å². The fourth-order valence-electron chi connectivity index (χ4n) is 2.88. The zero-order chi connectivity index (χ0) is 16.1. The van der Waals surface area contributed by atoms with Crippen LogP contribution in [0.4, 0.5) is 0 Å². The molecule has 0 N–H and O–H groups in total. The van der Waals surface area contributed by atoms with Gasteiger partial charge in [0.2, 0.25) is 0 Å². The molecule has 4 nitrogen and oxygen atoms in total. The van der Waals surface area contributed by atoms with E-state index in [2.05, 4.69) is 29.2 Å². The molecule has 2 aromatic rings. The number of hydrogen-bond acceptors (Lipinski definition) is 2. The van der Waals surface area contributed by atoms with Crippen molar-refractivity contribution in [1.29, 1.82) is 0 Å². The third-order valence-electron chi connectivity index (χ3n) is 4.30. The number of aryl methyl sites for hydroxylation is 1. The SMILES string of the molecule is Cn1cccc1C(=O)N1CCN(CC=Cc2ccccc2)CC1. The quantitative estimate of drug-likeness (QED) is 0.868. The van der Waals surface area contributed by atoms with E-state index in [9.17, 15) is 4.79 Å². The molecule has 3 rings (SSSR count). The van der Waals surface area contributed by atoms with Gasteiger partial charge in [-0.1, -0.05) is 42.5 Å². The first-order valence-electron chi connectivity index (χ1n) is 8.08. The van der Waals surface area contributed by atoms with E-state index in [1.165, 1.54) is 5.56 Å². The molecule has 1 aromatic heterocycles. The highest BCUT2D eigenvalue weighted by Gasteiger charge is 2.22. The number of nitrogens with zero attached hydrogens (tertiary/aromatic N) is 3. The summed E-state index contributed by atoms with van der Waals surface area (Å²) in [7, 11) is 1.91. The second-order valence-electron chi connectivity index (χ2n) is 5.91. The van der Waals surface area contributed by atoms with Crippen LogP contribution in [0.25, 0.3) is 6.08 Å². The summed E-state index contributed by atoms with van der Waals surface area (Å²) in [6, 6.07) is 14.1. The lowest BCUT2D eigenvalue weighted by molar-refractivity contribution is 0.0641. The Morgan fingerprint density at radius 2 is 1.78 bits per heavy atom. The molecule has 1 saturated heterocycles. The highest BCUT2D eigenvalue weighted by Crippen LogP contribution is 2.09. The molecule has 0 spiro atoms. The van der Waals surface area contributed by atoms with E-state index in [-0.39, 0.29) is 5.91 Å². The Bertz CT molecular complexity index is 667. The second-order valence-corrected chi connectivity index (χ2v) is 5.91. The van der Waals surface area contributed by atoms with Gasteiger partial charge in [-0.2, -0.15) is 0 Å². The zero-order valence-corrected chi connectivity index (χ0v) is 13.6. The Morgan fingerprint density at radius 3 is 2.43 bits per heavy atom. The van der Waals surface area contributed by atoms with Crippen molar-refractivity contribution < 1.29 is 4.79 Å². The van der Waals surface area contributed by atoms with Crippen LogP contribution in [0.1, 0.15) is 16.1 Å². The molecule has 120 valence electrons. The maximum Gasteiger partial charge on any atom is 0.270 e. The number of aromatic nitrogens is 1. The summed E-state index contributed by atoms with van der Waals surface area (Å²) in [6.07, 6.45) is 6.27. The van der Waals surface area contributed by atoms with E-state index >= 15 is 0 Å². The molecule has 1 aliphatic heterocycles. The van der Waals surface area contributed by atoms with Crippen LogP contribution in [0, 0.1) is 0 Å². The molecule has 1 aliphatic rings. The molecule has 1 aromatic carbocycles. The lowest BCUT2D eigenvalue weighted by Crippen LogP contribution is -2.48. The molecule has 1 amide bonds. The van der Waals surface area contributed by atoms with Crippen molar-refractivity contribution in [1.82, 2.24) is 14.4 Å². The van der Waals surface area contributed by atoms with Gasteiger partial charge in [-0.15, -0.1) is 0 Å². The minimum atomic E-state index is 0.136. The molecule has 0 bridgehead atoms. The predicted molar refractivity (Wildman–Crippen MR) is 93.2 cm³/mol. The van der Waals surface area contributed by atoms with Crippen molar-refractivity contribution in [3.05, 3.63) is 66.0 Å². The molecule has 2 heterocycles. The minimum Gasteiger partial charge on any atom is -0.347 e. The first-order valence-corrected chi connectivity index (χ1v) is 8.08. The summed E-state index contributed by atoms with van der Waals surface area (Å²) in [6.45, 7) is 4.37. The number of benzene rings is 1. The first kappa shape index (κ1) is 15.6. The van der Waals surface area contributed by atoms with E-state index in [4.69, 9.17) is 0 Å². The van der Waals surface area contributed by atoms with Gasteiger partial charge in [-0.3, -0.25) is 9.69 Å². The molecular formula is C19H23N3O. The molecule has 0 radical (unpaired) electrons. The van der Waals surface area contributed by atoms with Crippen molar-refractivity contribution in [2.45, 2.75) is 0 Å². The standard InChI is InChI=1S/C19H23N3O/c1-20-11-6-10-18(20)19(23)22-15-13-21(14-16-22)12-5-9-17-7-3-2-4-8-17/h2-11H,12-16H2,1H3. The number of piperazine rings is 1. The maximum atomic E-state index is 12.5. The summed E-state index contributed by atoms with van der Waals surface area (Å²) in [4.78, 5) is 16.8. The summed E-state index contributed by atoms with van der Waals surface area (Å²) < 4.78 is 1.89. The van der Waals surface area contributed by atoms with Gasteiger partial charge in [0.25, 0.3) is 5.91 Å². The number of amides is 1. The summed E-state index contributed by atoms with van der Waals surface area (Å²) in [5.74, 6) is 0.136. The largest absolute Gasteiger partial charge is 0.347 e. The average molecular weight is 309 g/mol. The van der Waals surface area contributed by atoms with Crippen LogP contribution in [0.2, 0.25) is 0 Å². The van der Waals surface area contributed by atoms with E-state index in [1.54, 1.807) is 0 Å². The third-order valence-corrected chi connectivity index (χ3v) is 4.30. The van der Waals surface area contributed by atoms with Crippen molar-refractivity contribution in [2.24, 2.45) is 7.05 Å². The first-order chi connectivity index (χ1) is 11.2. The van der Waals surface area contributed by atoms with E-state index in [0.717, 1.165) is 38.4 Å². The molecule has 0 aliphatic carbocycles. The van der Waals surface area contributed by atoms with E-state index in [1.807, 2.05) is 53.0 Å². The van der Waals surface area contributed by atoms with Gasteiger partial charge in [0.1, 0.15) is 5.69 Å². The summed E-state index contributed by atoms with van der Waals surface area (Å²) >= 11 is 0. The summed E-state index contributed by atoms with van der Waals surface area (Å²) in [5, 5.41) is 0. The highest BCUT2D eigenvalue weighted by molar-refractivity contribution is 5.92. The van der Waals surface area contributed by atoms with Gasteiger partial charge in [-0.05, 0) is 17.7 Å². The molecule has 0 unspecified atom stereocenters. The lowest BCUT2D eigenvalue weighted by Gasteiger charge is -2.34. The Balaban J connectivity index is 1.48. The van der Waals surface area contributed by atoms with Crippen molar-refractivity contribution in [2.75, 3.05) is 32.7 Å². The van der Waals surface area contributed by atoms with Crippen LogP contribution in [-0.4, -0.2) is 53.0 Å². The minimum absolute atomic E-state index is 0.136. The van der Waals surface area contributed by atoms with Crippen molar-refractivity contribution in [3.8, 4) is 0 Å². The monoisotopic (exact) mass is 309 g/mol. The van der Waals surface area contributed by atoms with E-state index in [0.29, 0.717) is 0 Å². The Labute approximate surface area is 137 Å². The van der Waals surface area contributed by atoms with Crippen LogP contribution in [0.5, 0.6) is 0 Å². The normalized spacial score (nSPS) is 16.1. The molecule has 23 heavy (non-hydrogen) atoms. The molecule has 1 fully saturated rings. The molecule has 4 heteroatoms. The highest BCUT2D eigenvalue weighted by atomic mass is 16.2. The zero-order valence-electron chi connectivity index (χ0n) is 13.6. The average Bonchev–Trinajstić information content (AvgIpc) is 3.02. The predicted octanol–water partition coefficient (Wildman–Crippen LogP) is 2.50. The Hall–Kier alpha value is -2.33. The lowest BCUT2D eigenvalue weighted by atomic mass is 10.2. The Morgan fingerprint density at radius 1 is 1.04 bits per heavy atom. The van der Waals surface area contributed by atoms with Crippen LogP contribution in [-0.2, 0) is 7.05 Å². The van der Waals surface area contributed by atoms with Crippen LogP contribution < -0.4 is 0 Å². The van der Waals surface area contributed by atoms with Gasteiger partial charge in [0.15, 0.2) is 0 Å². The molecule has 0 atom stereocenters.